The van der Waals surface area contributed by atoms with Gasteiger partial charge in [-0.05, 0) is 12.8 Å². The molecular weight excluding hydrogens is 246 g/mol. The molecule has 0 aromatic heterocycles. The third-order valence-corrected chi connectivity index (χ3v) is 4.59. The zero-order chi connectivity index (χ0) is 13.4. The van der Waals surface area contributed by atoms with Crippen LogP contribution in [0.5, 0.6) is 0 Å². The van der Waals surface area contributed by atoms with E-state index in [1.807, 2.05) is 18.7 Å². The predicted molar refractivity (Wildman–Crippen MR) is 79.1 cm³/mol. The molecule has 2 N–H and O–H groups in total. The van der Waals surface area contributed by atoms with Crippen molar-refractivity contribution in [2.24, 2.45) is 10.9 Å². The molecule has 1 amide bonds. The minimum absolute atomic E-state index is 0.102. The van der Waals surface area contributed by atoms with Crippen molar-refractivity contribution in [2.75, 3.05) is 19.6 Å². The number of amides is 1. The summed E-state index contributed by atoms with van der Waals surface area (Å²) in [6.45, 7) is 8.71. The number of nitrogens with one attached hydrogen (secondary N) is 2. The van der Waals surface area contributed by atoms with Gasteiger partial charge in [0.25, 0.3) is 0 Å². The lowest BCUT2D eigenvalue weighted by Gasteiger charge is -2.18. The maximum Gasteiger partial charge on any atom is 0.221 e. The number of hydrogen-bond acceptors (Lipinski definition) is 4. The molecule has 18 heavy (non-hydrogen) atoms. The van der Waals surface area contributed by atoms with Gasteiger partial charge in [-0.25, -0.2) is 0 Å². The summed E-state index contributed by atoms with van der Waals surface area (Å²) < 4.78 is 0. The zero-order valence-corrected chi connectivity index (χ0v) is 12.5. The molecule has 1 atom stereocenters. The molecular formula is C13H25N3OS. The predicted octanol–water partition coefficient (Wildman–Crippen LogP) is 2.01. The van der Waals surface area contributed by atoms with Gasteiger partial charge in [-0.1, -0.05) is 38.5 Å². The number of thioether (sulfide) groups is 1. The van der Waals surface area contributed by atoms with Crippen LogP contribution in [0.4, 0.5) is 0 Å². The summed E-state index contributed by atoms with van der Waals surface area (Å²) in [4.78, 5) is 15.8. The number of carbonyl (C=O) groups is 1. The van der Waals surface area contributed by atoms with Crippen molar-refractivity contribution in [2.45, 2.75) is 45.3 Å². The van der Waals surface area contributed by atoms with Crippen molar-refractivity contribution >= 4 is 22.8 Å². The normalized spacial score (nSPS) is 18.9. The first-order valence-electron chi connectivity index (χ1n) is 6.92. The number of carbonyl (C=O) groups excluding carboxylic acids is 1. The van der Waals surface area contributed by atoms with Crippen LogP contribution in [0.2, 0.25) is 0 Å². The first kappa shape index (κ1) is 15.3. The Balaban J connectivity index is 2.20. The topological polar surface area (TPSA) is 53.5 Å². The summed E-state index contributed by atoms with van der Waals surface area (Å²) in [5.41, 5.74) is 0. The maximum absolute atomic E-state index is 11.3. The highest BCUT2D eigenvalue weighted by atomic mass is 32.2. The van der Waals surface area contributed by atoms with Crippen LogP contribution < -0.4 is 10.6 Å². The minimum Gasteiger partial charge on any atom is -0.364 e. The summed E-state index contributed by atoms with van der Waals surface area (Å²) in [5, 5.41) is 7.67. The van der Waals surface area contributed by atoms with Crippen LogP contribution in [0, 0.1) is 5.92 Å². The van der Waals surface area contributed by atoms with E-state index >= 15 is 0 Å². The monoisotopic (exact) mass is 271 g/mol. The fraction of sp³-hybridized carbons (Fsp3) is 0.846. The average Bonchev–Trinajstić information content (AvgIpc) is 2.80. The average molecular weight is 271 g/mol. The summed E-state index contributed by atoms with van der Waals surface area (Å²) >= 11 is 1.84. The van der Waals surface area contributed by atoms with Gasteiger partial charge in [0, 0.05) is 24.8 Å². The lowest BCUT2D eigenvalue weighted by Crippen LogP contribution is -2.29. The standard InChI is InChI=1S/C13H25N3OS/c1-4-10(5-2)11-9-16-13(18-11)15-8-7-12(17)14-6-3/h10-11H,4-9H2,1-3H3,(H,14,17)(H,15,16). The largest absolute Gasteiger partial charge is 0.364 e. The van der Waals surface area contributed by atoms with E-state index in [0.717, 1.165) is 17.6 Å². The number of rotatable bonds is 7. The number of amidine groups is 1. The van der Waals surface area contributed by atoms with E-state index in [-0.39, 0.29) is 5.91 Å². The van der Waals surface area contributed by atoms with E-state index in [1.165, 1.54) is 12.8 Å². The van der Waals surface area contributed by atoms with Gasteiger partial charge in [0.1, 0.15) is 0 Å². The van der Waals surface area contributed by atoms with Gasteiger partial charge in [0.05, 0.1) is 6.54 Å². The third-order valence-electron chi connectivity index (χ3n) is 3.25. The van der Waals surface area contributed by atoms with Crippen LogP contribution in [0.15, 0.2) is 4.99 Å². The van der Waals surface area contributed by atoms with Crippen LogP contribution >= 0.6 is 11.8 Å². The first-order chi connectivity index (χ1) is 8.71. The van der Waals surface area contributed by atoms with E-state index in [2.05, 4.69) is 29.5 Å². The van der Waals surface area contributed by atoms with Crippen molar-refractivity contribution in [3.8, 4) is 0 Å². The van der Waals surface area contributed by atoms with E-state index in [9.17, 15) is 4.79 Å². The van der Waals surface area contributed by atoms with Crippen LogP contribution in [0.25, 0.3) is 0 Å². The fourth-order valence-electron chi connectivity index (χ4n) is 2.12. The Hall–Kier alpha value is -0.710. The molecule has 0 spiro atoms. The molecule has 4 nitrogen and oxygen atoms in total. The van der Waals surface area contributed by atoms with Gasteiger partial charge in [-0.3, -0.25) is 9.79 Å². The molecule has 1 unspecified atom stereocenters. The Morgan fingerprint density at radius 3 is 2.78 bits per heavy atom. The lowest BCUT2D eigenvalue weighted by atomic mass is 9.99. The summed E-state index contributed by atoms with van der Waals surface area (Å²) in [5.74, 6) is 0.853. The summed E-state index contributed by atoms with van der Waals surface area (Å²) in [6, 6.07) is 0. The van der Waals surface area contributed by atoms with Crippen molar-refractivity contribution in [3.05, 3.63) is 0 Å². The molecule has 0 fully saturated rings. The molecule has 104 valence electrons. The molecule has 5 heteroatoms. The van der Waals surface area contributed by atoms with Crippen molar-refractivity contribution in [1.29, 1.82) is 0 Å². The molecule has 0 radical (unpaired) electrons. The van der Waals surface area contributed by atoms with Gasteiger partial charge in [0.2, 0.25) is 5.91 Å². The molecule has 0 aliphatic carbocycles. The quantitative estimate of drug-likeness (QED) is 0.745. The van der Waals surface area contributed by atoms with Crippen LogP contribution in [-0.4, -0.2) is 36.0 Å². The van der Waals surface area contributed by atoms with E-state index in [1.54, 1.807) is 0 Å². The van der Waals surface area contributed by atoms with E-state index in [0.29, 0.717) is 24.8 Å². The Bertz CT molecular complexity index is 290. The van der Waals surface area contributed by atoms with Crippen molar-refractivity contribution < 1.29 is 4.79 Å². The Morgan fingerprint density at radius 2 is 2.17 bits per heavy atom. The molecule has 0 saturated heterocycles. The highest BCUT2D eigenvalue weighted by Gasteiger charge is 2.25. The van der Waals surface area contributed by atoms with Crippen molar-refractivity contribution in [3.63, 3.8) is 0 Å². The molecule has 0 saturated carbocycles. The third kappa shape index (κ3) is 4.88. The highest BCUT2D eigenvalue weighted by Crippen LogP contribution is 2.30. The SMILES string of the molecule is CCNC(=O)CCNC1=NCC(C(CC)CC)S1. The van der Waals surface area contributed by atoms with Gasteiger partial charge in [-0.2, -0.15) is 0 Å². The number of nitrogens with zero attached hydrogens (tertiary/aromatic N) is 1. The molecule has 0 aromatic carbocycles. The minimum atomic E-state index is 0.102. The maximum atomic E-state index is 11.3. The number of hydrogen-bond donors (Lipinski definition) is 2. The zero-order valence-electron chi connectivity index (χ0n) is 11.7. The van der Waals surface area contributed by atoms with E-state index < -0.39 is 0 Å². The van der Waals surface area contributed by atoms with Crippen LogP contribution in [0.1, 0.15) is 40.0 Å². The molecule has 1 rings (SSSR count). The van der Waals surface area contributed by atoms with E-state index in [4.69, 9.17) is 0 Å². The Kier molecular flexibility index (Phi) is 7.16. The smallest absolute Gasteiger partial charge is 0.221 e. The Labute approximate surface area is 114 Å². The Morgan fingerprint density at radius 1 is 1.44 bits per heavy atom. The van der Waals surface area contributed by atoms with Gasteiger partial charge in [-0.15, -0.1) is 0 Å². The second-order valence-corrected chi connectivity index (χ2v) is 5.74. The first-order valence-corrected chi connectivity index (χ1v) is 7.80. The fourth-order valence-corrected chi connectivity index (χ4v) is 3.46. The summed E-state index contributed by atoms with van der Waals surface area (Å²) in [6.07, 6.45) is 2.95. The number of aliphatic imine (C=N–C) groups is 1. The second kappa shape index (κ2) is 8.40. The molecule has 1 aliphatic rings. The molecule has 1 heterocycles. The molecule has 0 bridgehead atoms. The molecule has 1 aliphatic heterocycles. The van der Waals surface area contributed by atoms with Crippen LogP contribution in [0.3, 0.4) is 0 Å². The summed E-state index contributed by atoms with van der Waals surface area (Å²) in [7, 11) is 0. The lowest BCUT2D eigenvalue weighted by molar-refractivity contribution is -0.120. The van der Waals surface area contributed by atoms with Gasteiger partial charge >= 0.3 is 0 Å². The van der Waals surface area contributed by atoms with Crippen molar-refractivity contribution in [1.82, 2.24) is 10.6 Å². The molecule has 0 aromatic rings. The second-order valence-electron chi connectivity index (χ2n) is 4.51. The van der Waals surface area contributed by atoms with Crippen LogP contribution in [-0.2, 0) is 4.79 Å². The highest BCUT2D eigenvalue weighted by molar-refractivity contribution is 8.14. The van der Waals surface area contributed by atoms with Gasteiger partial charge < -0.3 is 10.6 Å². The van der Waals surface area contributed by atoms with Gasteiger partial charge in [0.15, 0.2) is 5.17 Å².